The first-order chi connectivity index (χ1) is 15.4. The van der Waals surface area contributed by atoms with Crippen molar-refractivity contribution in [3.05, 3.63) is 33.0 Å². The Kier molecular flexibility index (Phi) is 8.20. The lowest BCUT2D eigenvalue weighted by atomic mass is 9.95. The lowest BCUT2D eigenvalue weighted by Gasteiger charge is -2.31. The summed E-state index contributed by atoms with van der Waals surface area (Å²) in [6, 6.07) is 4.75. The number of nitrogens with zero attached hydrogens (tertiary/aromatic N) is 4. The van der Waals surface area contributed by atoms with Gasteiger partial charge in [0, 0.05) is 36.5 Å². The fraction of sp³-hybridized carbons (Fsp3) is 0.727. The maximum absolute atomic E-state index is 12.1. The summed E-state index contributed by atoms with van der Waals surface area (Å²) in [5, 5.41) is 7.10. The summed E-state index contributed by atoms with van der Waals surface area (Å²) in [6.45, 7) is 4.25. The maximum atomic E-state index is 12.1. The van der Waals surface area contributed by atoms with E-state index in [0.717, 1.165) is 42.9 Å². The molecule has 7 nitrogen and oxygen atoms in total. The minimum Gasteiger partial charge on any atom is -0.301 e. The molecular formula is C22H35N5O2S3. The highest BCUT2D eigenvalue weighted by atomic mass is 32.2. The summed E-state index contributed by atoms with van der Waals surface area (Å²) in [5.74, 6) is 1.28. The van der Waals surface area contributed by atoms with Crippen molar-refractivity contribution in [1.82, 2.24) is 24.0 Å². The monoisotopic (exact) mass is 497 g/mol. The predicted molar refractivity (Wildman–Crippen MR) is 132 cm³/mol. The van der Waals surface area contributed by atoms with E-state index in [9.17, 15) is 8.42 Å². The Balaban J connectivity index is 1.44. The van der Waals surface area contributed by atoms with Gasteiger partial charge in [-0.05, 0) is 55.8 Å². The largest absolute Gasteiger partial charge is 0.301 e. The third-order valence-corrected chi connectivity index (χ3v) is 9.46. The van der Waals surface area contributed by atoms with Crippen LogP contribution in [0, 0.1) is 4.77 Å². The van der Waals surface area contributed by atoms with Crippen molar-refractivity contribution in [1.29, 1.82) is 0 Å². The number of hydrogen-bond donors (Lipinski definition) is 1. The van der Waals surface area contributed by atoms with Gasteiger partial charge in [-0.1, -0.05) is 32.3 Å². The van der Waals surface area contributed by atoms with Gasteiger partial charge < -0.3 is 4.57 Å². The van der Waals surface area contributed by atoms with Crippen LogP contribution in [0.5, 0.6) is 0 Å². The van der Waals surface area contributed by atoms with E-state index in [0.29, 0.717) is 19.1 Å². The van der Waals surface area contributed by atoms with Gasteiger partial charge in [0.25, 0.3) is 0 Å². The minimum absolute atomic E-state index is 0.0324. The first kappa shape index (κ1) is 24.1. The highest BCUT2D eigenvalue weighted by molar-refractivity contribution is 7.89. The third-order valence-electron chi connectivity index (χ3n) is 6.53. The number of aromatic nitrogens is 3. The molecule has 0 aromatic carbocycles. The number of rotatable bonds is 9. The molecule has 1 aliphatic heterocycles. The smallest absolute Gasteiger partial charge is 0.211 e. The predicted octanol–water partition coefficient (Wildman–Crippen LogP) is 4.32. The second-order valence-corrected chi connectivity index (χ2v) is 12.4. The van der Waals surface area contributed by atoms with Gasteiger partial charge in [-0.15, -0.1) is 11.3 Å². The number of hydrogen-bond acceptors (Lipinski definition) is 6. The molecular weight excluding hydrogens is 462 g/mol. The van der Waals surface area contributed by atoms with Gasteiger partial charge in [-0.25, -0.2) is 17.8 Å². The average molecular weight is 498 g/mol. The van der Waals surface area contributed by atoms with E-state index in [1.165, 1.54) is 37.0 Å². The molecule has 32 heavy (non-hydrogen) atoms. The van der Waals surface area contributed by atoms with Gasteiger partial charge in [-0.2, -0.15) is 5.10 Å². The Morgan fingerprint density at radius 3 is 2.59 bits per heavy atom. The molecule has 1 saturated heterocycles. The summed E-state index contributed by atoms with van der Waals surface area (Å²) < 4.78 is 32.2. The van der Waals surface area contributed by atoms with Crippen LogP contribution in [-0.2, 0) is 23.1 Å². The Hall–Kier alpha value is -1.07. The molecule has 0 radical (unpaired) electrons. The molecule has 1 saturated carbocycles. The zero-order chi connectivity index (χ0) is 22.6. The second kappa shape index (κ2) is 10.9. The van der Waals surface area contributed by atoms with Crippen molar-refractivity contribution in [2.24, 2.45) is 0 Å². The normalized spacial score (nSPS) is 19.5. The number of nitrogens with one attached hydrogen (secondary N) is 1. The maximum Gasteiger partial charge on any atom is 0.211 e. The van der Waals surface area contributed by atoms with Crippen molar-refractivity contribution in [2.45, 2.75) is 83.5 Å². The van der Waals surface area contributed by atoms with E-state index in [-0.39, 0.29) is 11.8 Å². The molecule has 0 bridgehead atoms. The molecule has 10 heteroatoms. The van der Waals surface area contributed by atoms with Crippen LogP contribution in [-0.4, -0.2) is 52.5 Å². The van der Waals surface area contributed by atoms with Crippen LogP contribution in [0.1, 0.15) is 75.0 Å². The molecule has 2 aromatic rings. The van der Waals surface area contributed by atoms with Crippen LogP contribution < -0.4 is 4.72 Å². The van der Waals surface area contributed by atoms with Crippen molar-refractivity contribution >= 4 is 33.6 Å². The van der Waals surface area contributed by atoms with Crippen LogP contribution in [0.2, 0.25) is 0 Å². The highest BCUT2D eigenvalue weighted by Gasteiger charge is 2.26. The molecule has 4 rings (SSSR count). The second-order valence-electron chi connectivity index (χ2n) is 9.09. The summed E-state index contributed by atoms with van der Waals surface area (Å²) in [4.78, 5) is 3.66. The zero-order valence-corrected chi connectivity index (χ0v) is 21.4. The molecule has 1 N–H and O–H groups in total. The van der Waals surface area contributed by atoms with Gasteiger partial charge in [0.05, 0.1) is 12.4 Å². The van der Waals surface area contributed by atoms with Crippen molar-refractivity contribution in [3.63, 3.8) is 0 Å². The fourth-order valence-electron chi connectivity index (χ4n) is 4.92. The van der Waals surface area contributed by atoms with Gasteiger partial charge >= 0.3 is 0 Å². The van der Waals surface area contributed by atoms with Crippen molar-refractivity contribution in [2.75, 3.05) is 18.8 Å². The molecule has 178 valence electrons. The molecule has 2 aromatic heterocycles. The van der Waals surface area contributed by atoms with E-state index in [1.54, 1.807) is 11.3 Å². The number of likely N-dealkylation sites (tertiary alicyclic amines) is 1. The summed E-state index contributed by atoms with van der Waals surface area (Å²) in [5.41, 5.74) is 0. The molecule has 3 heterocycles. The Morgan fingerprint density at radius 1 is 1.19 bits per heavy atom. The average Bonchev–Trinajstić information content (AvgIpc) is 3.38. The van der Waals surface area contributed by atoms with Crippen LogP contribution in [0.15, 0.2) is 17.5 Å². The molecule has 2 aliphatic rings. The van der Waals surface area contributed by atoms with Crippen LogP contribution in [0.3, 0.4) is 0 Å². The molecule has 0 atom stereocenters. The van der Waals surface area contributed by atoms with Crippen LogP contribution in [0.4, 0.5) is 0 Å². The van der Waals surface area contributed by atoms with E-state index >= 15 is 0 Å². The van der Waals surface area contributed by atoms with Crippen LogP contribution in [0.25, 0.3) is 0 Å². The first-order valence-corrected chi connectivity index (χ1v) is 14.8. The molecule has 2 fully saturated rings. The third kappa shape index (κ3) is 6.08. The summed E-state index contributed by atoms with van der Waals surface area (Å²) in [7, 11) is -3.16. The topological polar surface area (TPSA) is 72.2 Å². The van der Waals surface area contributed by atoms with Crippen molar-refractivity contribution in [3.8, 4) is 0 Å². The van der Waals surface area contributed by atoms with E-state index in [4.69, 9.17) is 17.3 Å². The minimum atomic E-state index is -3.16. The first-order valence-electron chi connectivity index (χ1n) is 11.9. The molecule has 0 amide bonds. The zero-order valence-electron chi connectivity index (χ0n) is 18.9. The molecule has 0 unspecified atom stereocenters. The van der Waals surface area contributed by atoms with Gasteiger partial charge in [0.15, 0.2) is 4.77 Å². The number of sulfonamides is 1. The number of piperidine rings is 1. The molecule has 1 aliphatic carbocycles. The Labute approximate surface area is 200 Å². The standard InChI is InChI=1S/C22H35N5O2S3/c1-2-15-32(28,29)24-18-10-12-25(13-11-18)17-26-22(30)27(19-7-4-3-5-8-19)21(23-26)16-20-9-6-14-31-20/h6,9,14,18-19,24H,2-5,7-8,10-13,15-17H2,1H3. The lowest BCUT2D eigenvalue weighted by molar-refractivity contribution is 0.156. The van der Waals surface area contributed by atoms with Crippen LogP contribution >= 0.6 is 23.6 Å². The van der Waals surface area contributed by atoms with Gasteiger partial charge in [0.1, 0.15) is 5.82 Å². The number of thiophene rings is 1. The fourth-order valence-corrected chi connectivity index (χ4v) is 7.37. The van der Waals surface area contributed by atoms with Gasteiger partial charge in [-0.3, -0.25) is 4.90 Å². The Bertz CT molecular complexity index is 1010. The quantitative estimate of drug-likeness (QED) is 0.522. The SMILES string of the molecule is CCCS(=O)(=O)NC1CCN(Cn2nc(Cc3cccs3)n(C3CCCCC3)c2=S)CC1. The van der Waals surface area contributed by atoms with E-state index < -0.39 is 10.0 Å². The van der Waals surface area contributed by atoms with E-state index in [1.807, 2.05) is 11.6 Å². The summed E-state index contributed by atoms with van der Waals surface area (Å²) in [6.07, 6.45) is 9.31. The highest BCUT2D eigenvalue weighted by Crippen LogP contribution is 2.30. The van der Waals surface area contributed by atoms with E-state index in [2.05, 4.69) is 31.7 Å². The van der Waals surface area contributed by atoms with Gasteiger partial charge in [0.2, 0.25) is 10.0 Å². The summed E-state index contributed by atoms with van der Waals surface area (Å²) >= 11 is 7.70. The lowest BCUT2D eigenvalue weighted by Crippen LogP contribution is -2.45. The Morgan fingerprint density at radius 2 is 1.94 bits per heavy atom. The van der Waals surface area contributed by atoms with Crippen molar-refractivity contribution < 1.29 is 8.42 Å². The molecule has 0 spiro atoms.